The van der Waals surface area contributed by atoms with Gasteiger partial charge in [-0.1, -0.05) is 0 Å². The van der Waals surface area contributed by atoms with Crippen LogP contribution in [0.4, 0.5) is 48.3 Å². The standard InChI is InChI=1S/C6HF11O4S/c7-1-2(4(10,11)12,22(18,19)20-1)21-6(16,17)3(8,9)5(13,14)15/h1H. The van der Waals surface area contributed by atoms with E-state index in [-0.39, 0.29) is 0 Å². The molecule has 1 rings (SSSR count). The zero-order chi connectivity index (χ0) is 18.0. The van der Waals surface area contributed by atoms with Crippen LogP contribution in [0, 0.1) is 0 Å². The third-order valence-electron chi connectivity index (χ3n) is 2.28. The van der Waals surface area contributed by atoms with Gasteiger partial charge in [-0.2, -0.15) is 52.3 Å². The first kappa shape index (κ1) is 19.1. The molecule has 0 aliphatic carbocycles. The second-order valence-corrected chi connectivity index (χ2v) is 5.43. The summed E-state index contributed by atoms with van der Waals surface area (Å²) in [6.07, 6.45) is -25.1. The summed E-state index contributed by atoms with van der Waals surface area (Å²) in [6.45, 7) is 0. The minimum Gasteiger partial charge on any atom is -0.276 e. The smallest absolute Gasteiger partial charge is 0.276 e. The summed E-state index contributed by atoms with van der Waals surface area (Å²) in [5.41, 5.74) is 0. The van der Waals surface area contributed by atoms with E-state index in [1.54, 1.807) is 0 Å². The van der Waals surface area contributed by atoms with Crippen LogP contribution in [-0.4, -0.2) is 44.1 Å². The second kappa shape index (κ2) is 4.56. The van der Waals surface area contributed by atoms with E-state index in [2.05, 4.69) is 8.92 Å². The monoisotopic (exact) mass is 378 g/mol. The van der Waals surface area contributed by atoms with Crippen molar-refractivity contribution in [1.29, 1.82) is 0 Å². The maximum absolute atomic E-state index is 12.8. The largest absolute Gasteiger partial charge is 0.462 e. The number of alkyl halides is 11. The van der Waals surface area contributed by atoms with Crippen molar-refractivity contribution in [3.63, 3.8) is 0 Å². The highest BCUT2D eigenvalue weighted by atomic mass is 32.2. The molecule has 0 aromatic heterocycles. The van der Waals surface area contributed by atoms with Gasteiger partial charge in [-0.05, 0) is 0 Å². The first-order chi connectivity index (χ1) is 9.33. The van der Waals surface area contributed by atoms with Gasteiger partial charge in [-0.15, -0.1) is 0 Å². The molecule has 0 spiro atoms. The Morgan fingerprint density at radius 2 is 1.32 bits per heavy atom. The van der Waals surface area contributed by atoms with E-state index in [4.69, 9.17) is 0 Å². The molecule has 1 aliphatic rings. The van der Waals surface area contributed by atoms with Crippen LogP contribution in [0.25, 0.3) is 0 Å². The SMILES string of the molecule is O=S1(=O)OC(F)C1(OC(F)(F)C(F)(F)C(F)(F)F)C(F)(F)F. The molecule has 2 unspecified atom stereocenters. The average molecular weight is 378 g/mol. The fourth-order valence-corrected chi connectivity index (χ4v) is 2.28. The minimum absolute atomic E-state index is 2.13. The number of rotatable bonds is 3. The van der Waals surface area contributed by atoms with Gasteiger partial charge >= 0.3 is 39.4 Å². The fraction of sp³-hybridized carbons (Fsp3) is 1.00. The molecule has 132 valence electrons. The summed E-state index contributed by atoms with van der Waals surface area (Å²) in [4.78, 5) is -5.72. The molecule has 0 amide bonds. The summed E-state index contributed by atoms with van der Waals surface area (Å²) in [6, 6.07) is 0. The molecule has 4 nitrogen and oxygen atoms in total. The highest BCUT2D eigenvalue weighted by Gasteiger charge is 2.86. The first-order valence-corrected chi connectivity index (χ1v) is 5.90. The lowest BCUT2D eigenvalue weighted by molar-refractivity contribution is -0.467. The van der Waals surface area contributed by atoms with E-state index in [1.807, 2.05) is 0 Å². The van der Waals surface area contributed by atoms with Crippen molar-refractivity contribution in [3.05, 3.63) is 0 Å². The van der Waals surface area contributed by atoms with E-state index in [0.717, 1.165) is 0 Å². The van der Waals surface area contributed by atoms with Crippen LogP contribution in [0.2, 0.25) is 0 Å². The Balaban J connectivity index is 3.41. The van der Waals surface area contributed by atoms with Crippen LogP contribution in [0.3, 0.4) is 0 Å². The first-order valence-electron chi connectivity index (χ1n) is 4.49. The van der Waals surface area contributed by atoms with E-state index in [1.165, 1.54) is 0 Å². The van der Waals surface area contributed by atoms with Crippen molar-refractivity contribution in [2.24, 2.45) is 0 Å². The van der Waals surface area contributed by atoms with Gasteiger partial charge < -0.3 is 0 Å². The highest BCUT2D eigenvalue weighted by molar-refractivity contribution is 7.89. The lowest BCUT2D eigenvalue weighted by Crippen LogP contribution is -2.73. The van der Waals surface area contributed by atoms with Crippen LogP contribution in [0.1, 0.15) is 0 Å². The van der Waals surface area contributed by atoms with Crippen LogP contribution in [0.5, 0.6) is 0 Å². The Hall–Kier alpha value is -0.900. The molecule has 0 radical (unpaired) electrons. The number of hydrogen-bond acceptors (Lipinski definition) is 4. The Kier molecular flexibility index (Phi) is 3.97. The highest BCUT2D eigenvalue weighted by Crippen LogP contribution is 2.57. The van der Waals surface area contributed by atoms with Gasteiger partial charge in [-0.25, -0.2) is 8.57 Å². The van der Waals surface area contributed by atoms with Gasteiger partial charge in [0.2, 0.25) is 0 Å². The molecule has 0 aromatic rings. The molecule has 1 saturated heterocycles. The van der Waals surface area contributed by atoms with E-state index in [9.17, 15) is 56.7 Å². The molecule has 1 aliphatic heterocycles. The molecule has 2 atom stereocenters. The summed E-state index contributed by atoms with van der Waals surface area (Å²) < 4.78 is 162. The maximum atomic E-state index is 12.8. The predicted octanol–water partition coefficient (Wildman–Crippen LogP) is 2.71. The third-order valence-corrected chi connectivity index (χ3v) is 3.94. The Morgan fingerprint density at radius 3 is 1.55 bits per heavy atom. The molecule has 0 bridgehead atoms. The molecule has 22 heavy (non-hydrogen) atoms. The molecule has 0 N–H and O–H groups in total. The van der Waals surface area contributed by atoms with Gasteiger partial charge in [0.15, 0.2) is 0 Å². The summed E-state index contributed by atoms with van der Waals surface area (Å²) in [5.74, 6) is -7.25. The average Bonchev–Trinajstić information content (AvgIpc) is 2.21. The minimum atomic E-state index is -7.25. The summed E-state index contributed by atoms with van der Waals surface area (Å²) in [5, 5.41) is 0. The lowest BCUT2D eigenvalue weighted by Gasteiger charge is -2.44. The van der Waals surface area contributed by atoms with Gasteiger partial charge in [-0.3, -0.25) is 4.74 Å². The van der Waals surface area contributed by atoms with Crippen molar-refractivity contribution in [3.8, 4) is 0 Å². The normalized spacial score (nSPS) is 30.0. The van der Waals surface area contributed by atoms with Gasteiger partial charge in [0.1, 0.15) is 0 Å². The van der Waals surface area contributed by atoms with Crippen LogP contribution in [-0.2, 0) is 19.0 Å². The van der Waals surface area contributed by atoms with Crippen LogP contribution >= 0.6 is 0 Å². The molecular formula is C6HF11O4S. The van der Waals surface area contributed by atoms with Crippen LogP contribution < -0.4 is 0 Å². The predicted molar refractivity (Wildman–Crippen MR) is 40.7 cm³/mol. The molecule has 0 aromatic carbocycles. The second-order valence-electron chi connectivity index (χ2n) is 3.72. The van der Waals surface area contributed by atoms with E-state index < -0.39 is 45.8 Å². The van der Waals surface area contributed by atoms with Crippen molar-refractivity contribution in [1.82, 2.24) is 0 Å². The van der Waals surface area contributed by atoms with Crippen molar-refractivity contribution < 1.29 is 65.6 Å². The Bertz CT molecular complexity index is 548. The van der Waals surface area contributed by atoms with Gasteiger partial charge in [0, 0.05) is 0 Å². The van der Waals surface area contributed by atoms with Crippen LogP contribution in [0.15, 0.2) is 0 Å². The Morgan fingerprint density at radius 1 is 0.909 bits per heavy atom. The molecule has 16 heteroatoms. The van der Waals surface area contributed by atoms with E-state index >= 15 is 0 Å². The topological polar surface area (TPSA) is 52.6 Å². The summed E-state index contributed by atoms with van der Waals surface area (Å²) >= 11 is 0. The number of hydrogen-bond donors (Lipinski definition) is 0. The maximum Gasteiger partial charge on any atom is 0.462 e. The molecular weight excluding hydrogens is 377 g/mol. The molecule has 1 heterocycles. The zero-order valence-electron chi connectivity index (χ0n) is 9.28. The number of halogens is 11. The van der Waals surface area contributed by atoms with E-state index in [0.29, 0.717) is 0 Å². The quantitative estimate of drug-likeness (QED) is 0.560. The Labute approximate surface area is 112 Å². The van der Waals surface area contributed by atoms with Crippen molar-refractivity contribution >= 4 is 10.1 Å². The third kappa shape index (κ3) is 2.31. The summed E-state index contributed by atoms with van der Waals surface area (Å²) in [7, 11) is -6.43. The van der Waals surface area contributed by atoms with Crippen molar-refractivity contribution in [2.75, 3.05) is 0 Å². The fourth-order valence-electron chi connectivity index (χ4n) is 1.16. The van der Waals surface area contributed by atoms with Gasteiger partial charge in [0.25, 0.3) is 6.36 Å². The lowest BCUT2D eigenvalue weighted by atomic mass is 10.2. The number of ether oxygens (including phenoxy) is 1. The zero-order valence-corrected chi connectivity index (χ0v) is 10.1. The molecule has 0 saturated carbocycles. The molecule has 1 fully saturated rings. The van der Waals surface area contributed by atoms with Gasteiger partial charge in [0.05, 0.1) is 0 Å². The van der Waals surface area contributed by atoms with Crippen molar-refractivity contribution in [2.45, 2.75) is 35.7 Å².